The van der Waals surface area contributed by atoms with Gasteiger partial charge in [0.15, 0.2) is 0 Å². The van der Waals surface area contributed by atoms with Gasteiger partial charge in [-0.3, -0.25) is 4.79 Å². The molecule has 7 nitrogen and oxygen atoms in total. The summed E-state index contributed by atoms with van der Waals surface area (Å²) in [6.45, 7) is 1.71. The number of carbonyl (C=O) groups is 1. The number of nitrogens with zero attached hydrogens (tertiary/aromatic N) is 2. The molecule has 4 rings (SSSR count). The zero-order chi connectivity index (χ0) is 26.0. The fourth-order valence-corrected chi connectivity index (χ4v) is 4.52. The van der Waals surface area contributed by atoms with Crippen molar-refractivity contribution in [3.05, 3.63) is 76.6 Å². The van der Waals surface area contributed by atoms with Gasteiger partial charge in [0.05, 0.1) is 29.6 Å². The SMILES string of the molecule is Cc1cc(F)cc(C(CN)NC(=O)c2ccc(-c3nc(C4CCC(O)C(F)C4)cnc3N)cc2F)c1. The number of rotatable bonds is 6. The number of hydrogen-bond acceptors (Lipinski definition) is 6. The van der Waals surface area contributed by atoms with E-state index in [0.717, 1.165) is 6.07 Å². The lowest BCUT2D eigenvalue weighted by molar-refractivity contribution is 0.0363. The van der Waals surface area contributed by atoms with Gasteiger partial charge in [-0.05, 0) is 61.6 Å². The first-order chi connectivity index (χ1) is 17.2. The molecule has 0 spiro atoms. The Bertz CT molecular complexity index is 1250. The third kappa shape index (κ3) is 5.50. The topological polar surface area (TPSA) is 127 Å². The first-order valence-electron chi connectivity index (χ1n) is 11.7. The minimum atomic E-state index is -1.35. The smallest absolute Gasteiger partial charge is 0.254 e. The number of alkyl halides is 1. The molecule has 1 fully saturated rings. The Balaban J connectivity index is 1.56. The van der Waals surface area contributed by atoms with E-state index in [9.17, 15) is 18.7 Å². The predicted octanol–water partition coefficient (Wildman–Crippen LogP) is 3.71. The number of aliphatic hydroxyl groups is 1. The predicted molar refractivity (Wildman–Crippen MR) is 130 cm³/mol. The Labute approximate surface area is 206 Å². The third-order valence-corrected chi connectivity index (χ3v) is 6.47. The fraction of sp³-hybridized carbons (Fsp3) is 0.346. The summed E-state index contributed by atoms with van der Waals surface area (Å²) in [5.74, 6) is -2.16. The van der Waals surface area contributed by atoms with Crippen molar-refractivity contribution in [2.45, 2.75) is 50.4 Å². The van der Waals surface area contributed by atoms with Gasteiger partial charge in [0.1, 0.15) is 29.3 Å². The van der Waals surface area contributed by atoms with Crippen LogP contribution >= 0.6 is 0 Å². The van der Waals surface area contributed by atoms with E-state index >= 15 is 4.39 Å². The quantitative estimate of drug-likeness (QED) is 0.410. The van der Waals surface area contributed by atoms with Crippen LogP contribution in [-0.2, 0) is 0 Å². The first-order valence-corrected chi connectivity index (χ1v) is 11.7. The van der Waals surface area contributed by atoms with Crippen LogP contribution in [0.1, 0.15) is 58.4 Å². The molecular weight excluding hydrogens is 471 g/mol. The number of amides is 1. The molecule has 1 saturated carbocycles. The average molecular weight is 500 g/mol. The molecule has 1 amide bonds. The van der Waals surface area contributed by atoms with Gasteiger partial charge in [-0.2, -0.15) is 0 Å². The summed E-state index contributed by atoms with van der Waals surface area (Å²) in [5, 5.41) is 12.3. The molecule has 0 saturated heterocycles. The van der Waals surface area contributed by atoms with Crippen molar-refractivity contribution < 1.29 is 23.1 Å². The lowest BCUT2D eigenvalue weighted by Crippen LogP contribution is -2.34. The summed E-state index contributed by atoms with van der Waals surface area (Å²) in [7, 11) is 0. The molecule has 1 aliphatic carbocycles. The second-order valence-corrected chi connectivity index (χ2v) is 9.14. The maximum Gasteiger partial charge on any atom is 0.254 e. The number of nitrogens with one attached hydrogen (secondary N) is 1. The van der Waals surface area contributed by atoms with E-state index in [1.165, 1.54) is 30.5 Å². The number of nitrogens with two attached hydrogens (primary N) is 2. The Morgan fingerprint density at radius 1 is 1.22 bits per heavy atom. The third-order valence-electron chi connectivity index (χ3n) is 6.47. The van der Waals surface area contributed by atoms with E-state index in [-0.39, 0.29) is 36.0 Å². The number of anilines is 1. The lowest BCUT2D eigenvalue weighted by atomic mass is 9.84. The zero-order valence-electron chi connectivity index (χ0n) is 19.7. The van der Waals surface area contributed by atoms with Crippen LogP contribution in [0.25, 0.3) is 11.3 Å². The standard InChI is InChI=1S/C26H28F3N5O2/c1-13-6-16(8-17(27)7-13)21(11-30)34-26(36)18-4-2-15(10-19(18)28)24-25(31)32-12-22(33-24)14-3-5-23(35)20(29)9-14/h2,4,6-8,10,12,14,20-21,23,35H,3,5,9,11,30H2,1H3,(H2,31,32)(H,34,36). The number of halogens is 3. The molecule has 0 bridgehead atoms. The second kappa shape index (κ2) is 10.6. The number of aliphatic hydroxyl groups excluding tert-OH is 1. The second-order valence-electron chi connectivity index (χ2n) is 9.14. The Kier molecular flexibility index (Phi) is 7.56. The van der Waals surface area contributed by atoms with Crippen LogP contribution in [0.15, 0.2) is 42.6 Å². The number of hydrogen-bond donors (Lipinski definition) is 4. The largest absolute Gasteiger partial charge is 0.390 e. The first kappa shape index (κ1) is 25.6. The van der Waals surface area contributed by atoms with Crippen LogP contribution < -0.4 is 16.8 Å². The number of aromatic nitrogens is 2. The highest BCUT2D eigenvalue weighted by molar-refractivity contribution is 5.95. The molecule has 6 N–H and O–H groups in total. The number of aryl methyl sites for hydroxylation is 1. The monoisotopic (exact) mass is 499 g/mol. The van der Waals surface area contributed by atoms with E-state index in [2.05, 4.69) is 15.3 Å². The highest BCUT2D eigenvalue weighted by Crippen LogP contribution is 2.35. The molecule has 0 radical (unpaired) electrons. The summed E-state index contributed by atoms with van der Waals surface area (Å²) in [6, 6.07) is 7.54. The molecular formula is C26H28F3N5O2. The van der Waals surface area contributed by atoms with E-state index in [0.29, 0.717) is 35.2 Å². The highest BCUT2D eigenvalue weighted by atomic mass is 19.1. The summed E-state index contributed by atoms with van der Waals surface area (Å²) in [4.78, 5) is 21.4. The molecule has 4 unspecified atom stereocenters. The normalized spacial score (nSPS) is 20.7. The van der Waals surface area contributed by atoms with E-state index < -0.39 is 35.9 Å². The maximum absolute atomic E-state index is 15.0. The van der Waals surface area contributed by atoms with Crippen LogP contribution in [0.2, 0.25) is 0 Å². The summed E-state index contributed by atoms with van der Waals surface area (Å²) in [6.07, 6.45) is 0.0900. The molecule has 0 aliphatic heterocycles. The van der Waals surface area contributed by atoms with Gasteiger partial charge < -0.3 is 21.9 Å². The van der Waals surface area contributed by atoms with Gasteiger partial charge in [-0.1, -0.05) is 12.1 Å². The van der Waals surface area contributed by atoms with Crippen LogP contribution in [0.5, 0.6) is 0 Å². The van der Waals surface area contributed by atoms with Crippen molar-refractivity contribution in [2.75, 3.05) is 12.3 Å². The van der Waals surface area contributed by atoms with Gasteiger partial charge in [-0.25, -0.2) is 23.1 Å². The molecule has 3 aromatic rings. The Morgan fingerprint density at radius 3 is 2.67 bits per heavy atom. The van der Waals surface area contributed by atoms with Crippen molar-refractivity contribution in [1.82, 2.24) is 15.3 Å². The van der Waals surface area contributed by atoms with E-state index in [1.807, 2.05) is 0 Å². The summed E-state index contributed by atoms with van der Waals surface area (Å²) >= 11 is 0. The van der Waals surface area contributed by atoms with Crippen LogP contribution in [0, 0.1) is 18.6 Å². The van der Waals surface area contributed by atoms with Crippen molar-refractivity contribution in [3.8, 4) is 11.3 Å². The van der Waals surface area contributed by atoms with Gasteiger partial charge in [0, 0.05) is 18.0 Å². The number of benzene rings is 2. The molecule has 1 aromatic heterocycles. The molecule has 4 atom stereocenters. The van der Waals surface area contributed by atoms with Crippen LogP contribution in [-0.4, -0.2) is 39.8 Å². The molecule has 1 heterocycles. The minimum absolute atomic E-state index is 0.00875. The zero-order valence-corrected chi connectivity index (χ0v) is 19.7. The van der Waals surface area contributed by atoms with E-state index in [4.69, 9.17) is 11.5 Å². The average Bonchev–Trinajstić information content (AvgIpc) is 2.83. The van der Waals surface area contributed by atoms with Crippen LogP contribution in [0.4, 0.5) is 19.0 Å². The molecule has 10 heteroatoms. The Hall–Kier alpha value is -3.50. The van der Waals surface area contributed by atoms with Crippen molar-refractivity contribution >= 4 is 11.7 Å². The van der Waals surface area contributed by atoms with Crippen molar-refractivity contribution in [3.63, 3.8) is 0 Å². The molecule has 1 aliphatic rings. The highest BCUT2D eigenvalue weighted by Gasteiger charge is 2.31. The molecule has 2 aromatic carbocycles. The lowest BCUT2D eigenvalue weighted by Gasteiger charge is -2.28. The molecule has 190 valence electrons. The maximum atomic E-state index is 15.0. The summed E-state index contributed by atoms with van der Waals surface area (Å²) < 4.78 is 42.9. The summed E-state index contributed by atoms with van der Waals surface area (Å²) in [5.41, 5.74) is 13.7. The number of carbonyl (C=O) groups excluding carboxylic acids is 1. The fourth-order valence-electron chi connectivity index (χ4n) is 4.52. The molecule has 36 heavy (non-hydrogen) atoms. The van der Waals surface area contributed by atoms with E-state index in [1.54, 1.807) is 13.0 Å². The van der Waals surface area contributed by atoms with Gasteiger partial charge >= 0.3 is 0 Å². The van der Waals surface area contributed by atoms with Gasteiger partial charge in [0.2, 0.25) is 0 Å². The van der Waals surface area contributed by atoms with Gasteiger partial charge in [-0.15, -0.1) is 0 Å². The number of nitrogen functional groups attached to an aromatic ring is 1. The van der Waals surface area contributed by atoms with Crippen molar-refractivity contribution in [1.29, 1.82) is 0 Å². The minimum Gasteiger partial charge on any atom is -0.390 e. The Morgan fingerprint density at radius 2 is 2.00 bits per heavy atom. The van der Waals surface area contributed by atoms with Gasteiger partial charge in [0.25, 0.3) is 5.91 Å². The van der Waals surface area contributed by atoms with Crippen molar-refractivity contribution in [2.24, 2.45) is 5.73 Å². The van der Waals surface area contributed by atoms with Crippen LogP contribution in [0.3, 0.4) is 0 Å².